The highest BCUT2D eigenvalue weighted by molar-refractivity contribution is 5.90. The van der Waals surface area contributed by atoms with Crippen LogP contribution in [-0.2, 0) is 11.8 Å². The number of anilines is 1. The molecular formula is C13H17N5O. The maximum atomic E-state index is 11.6. The van der Waals surface area contributed by atoms with E-state index >= 15 is 0 Å². The number of carbonyl (C=O) groups excluding carboxylic acids is 1. The molecule has 0 aliphatic carbocycles. The van der Waals surface area contributed by atoms with Gasteiger partial charge < -0.3 is 0 Å². The van der Waals surface area contributed by atoms with Gasteiger partial charge in [0.15, 0.2) is 0 Å². The molecule has 0 spiro atoms. The fourth-order valence-electron chi connectivity index (χ4n) is 1.67. The molecule has 0 aromatic carbocycles. The Kier molecular flexibility index (Phi) is 3.59. The maximum Gasteiger partial charge on any atom is 0.229 e. The molecule has 0 saturated heterocycles. The summed E-state index contributed by atoms with van der Waals surface area (Å²) in [6.45, 7) is 5.57. The van der Waals surface area contributed by atoms with Gasteiger partial charge in [-0.1, -0.05) is 13.8 Å². The lowest BCUT2D eigenvalue weighted by atomic mass is 10.2. The summed E-state index contributed by atoms with van der Waals surface area (Å²) in [6.07, 6.45) is 3.52. The minimum absolute atomic E-state index is 0.0972. The number of amides is 1. The Morgan fingerprint density at radius 2 is 2.16 bits per heavy atom. The molecule has 6 heteroatoms. The molecule has 1 N–H and O–H groups in total. The lowest BCUT2D eigenvalue weighted by Crippen LogP contribution is -2.19. The van der Waals surface area contributed by atoms with Crippen LogP contribution in [0.5, 0.6) is 0 Å². The molecule has 0 aliphatic rings. The van der Waals surface area contributed by atoms with Crippen molar-refractivity contribution in [3.05, 3.63) is 24.2 Å². The van der Waals surface area contributed by atoms with Crippen LogP contribution in [0.4, 0.5) is 5.95 Å². The lowest BCUT2D eigenvalue weighted by molar-refractivity contribution is -0.118. The van der Waals surface area contributed by atoms with Gasteiger partial charge in [0.05, 0.1) is 11.4 Å². The van der Waals surface area contributed by atoms with Crippen LogP contribution in [-0.4, -0.2) is 25.7 Å². The van der Waals surface area contributed by atoms with Crippen LogP contribution in [0.3, 0.4) is 0 Å². The minimum atomic E-state index is -0.104. The fourth-order valence-corrected chi connectivity index (χ4v) is 1.67. The zero-order valence-electron chi connectivity index (χ0n) is 11.5. The average Bonchev–Trinajstić information content (AvgIpc) is 2.68. The molecule has 6 nitrogen and oxygen atoms in total. The Morgan fingerprint density at radius 1 is 1.42 bits per heavy atom. The Hall–Kier alpha value is -2.24. The summed E-state index contributed by atoms with van der Waals surface area (Å²) in [5.41, 5.74) is 2.58. The molecule has 0 radical (unpaired) electrons. The van der Waals surface area contributed by atoms with Crippen molar-refractivity contribution in [1.29, 1.82) is 0 Å². The van der Waals surface area contributed by atoms with Crippen molar-refractivity contribution in [2.24, 2.45) is 13.0 Å². The molecule has 0 unspecified atom stereocenters. The molecule has 0 bridgehead atoms. The quantitative estimate of drug-likeness (QED) is 0.912. The van der Waals surface area contributed by atoms with Crippen LogP contribution in [0.15, 0.2) is 18.5 Å². The molecule has 0 atom stereocenters. The van der Waals surface area contributed by atoms with Gasteiger partial charge in [0.25, 0.3) is 0 Å². The first-order valence-corrected chi connectivity index (χ1v) is 6.12. The number of hydrogen-bond acceptors (Lipinski definition) is 4. The molecule has 0 saturated carbocycles. The van der Waals surface area contributed by atoms with Gasteiger partial charge in [0.1, 0.15) is 0 Å². The van der Waals surface area contributed by atoms with Crippen LogP contribution in [0.1, 0.15) is 19.5 Å². The number of aromatic nitrogens is 4. The van der Waals surface area contributed by atoms with Crippen molar-refractivity contribution >= 4 is 11.9 Å². The number of nitrogens with zero attached hydrogens (tertiary/aromatic N) is 4. The highest BCUT2D eigenvalue weighted by Crippen LogP contribution is 2.20. The van der Waals surface area contributed by atoms with Crippen molar-refractivity contribution in [2.45, 2.75) is 20.8 Å². The van der Waals surface area contributed by atoms with Gasteiger partial charge in [-0.05, 0) is 13.0 Å². The van der Waals surface area contributed by atoms with E-state index in [1.54, 1.807) is 16.9 Å². The smallest absolute Gasteiger partial charge is 0.229 e. The summed E-state index contributed by atoms with van der Waals surface area (Å²) < 4.78 is 1.74. The molecule has 0 fully saturated rings. The second-order valence-corrected chi connectivity index (χ2v) is 4.71. The third-order valence-corrected chi connectivity index (χ3v) is 2.70. The zero-order valence-corrected chi connectivity index (χ0v) is 11.5. The first-order valence-electron chi connectivity index (χ1n) is 6.12. The third kappa shape index (κ3) is 2.96. The zero-order chi connectivity index (χ0) is 14.0. The molecule has 2 heterocycles. The standard InChI is InChI=1S/C13H17N5O/c1-8(2)12(19)16-13-14-6-5-11(15-13)10-7-18(4)17-9(10)3/h5-8H,1-4H3,(H,14,15,16,19). The van der Waals surface area contributed by atoms with Crippen molar-refractivity contribution < 1.29 is 4.79 Å². The maximum absolute atomic E-state index is 11.6. The average molecular weight is 259 g/mol. The highest BCUT2D eigenvalue weighted by Gasteiger charge is 2.11. The molecule has 2 aromatic rings. The van der Waals surface area contributed by atoms with E-state index in [0.717, 1.165) is 17.0 Å². The topological polar surface area (TPSA) is 72.7 Å². The van der Waals surface area contributed by atoms with Gasteiger partial charge in [-0.3, -0.25) is 14.8 Å². The monoisotopic (exact) mass is 259 g/mol. The van der Waals surface area contributed by atoms with Crippen LogP contribution >= 0.6 is 0 Å². The number of carbonyl (C=O) groups is 1. The Bertz CT molecular complexity index is 603. The van der Waals surface area contributed by atoms with Crippen LogP contribution < -0.4 is 5.32 Å². The largest absolute Gasteiger partial charge is 0.294 e. The number of hydrogen-bond donors (Lipinski definition) is 1. The molecular weight excluding hydrogens is 242 g/mol. The number of nitrogens with one attached hydrogen (secondary N) is 1. The Balaban J connectivity index is 2.29. The SMILES string of the molecule is Cc1nn(C)cc1-c1ccnc(NC(=O)C(C)C)n1. The van der Waals surface area contributed by atoms with E-state index in [2.05, 4.69) is 20.4 Å². The first-order chi connectivity index (χ1) is 8.97. The Labute approximate surface area is 111 Å². The van der Waals surface area contributed by atoms with Crippen LogP contribution in [0.2, 0.25) is 0 Å². The fraction of sp³-hybridized carbons (Fsp3) is 0.385. The summed E-state index contributed by atoms with van der Waals surface area (Å²) in [5, 5.41) is 6.96. The van der Waals surface area contributed by atoms with Crippen LogP contribution in [0.25, 0.3) is 11.3 Å². The normalized spacial score (nSPS) is 10.8. The van der Waals surface area contributed by atoms with E-state index < -0.39 is 0 Å². The molecule has 19 heavy (non-hydrogen) atoms. The van der Waals surface area contributed by atoms with Gasteiger partial charge in [-0.25, -0.2) is 9.97 Å². The lowest BCUT2D eigenvalue weighted by Gasteiger charge is -2.06. The summed E-state index contributed by atoms with van der Waals surface area (Å²) in [7, 11) is 1.86. The van der Waals surface area contributed by atoms with E-state index in [1.807, 2.05) is 34.0 Å². The second-order valence-electron chi connectivity index (χ2n) is 4.71. The summed E-state index contributed by atoms with van der Waals surface area (Å²) in [6, 6.07) is 1.80. The summed E-state index contributed by atoms with van der Waals surface area (Å²) in [5.74, 6) is 0.117. The van der Waals surface area contributed by atoms with E-state index in [4.69, 9.17) is 0 Å². The van der Waals surface area contributed by atoms with Crippen molar-refractivity contribution in [1.82, 2.24) is 19.7 Å². The van der Waals surface area contributed by atoms with Crippen molar-refractivity contribution in [3.63, 3.8) is 0 Å². The van der Waals surface area contributed by atoms with Gasteiger partial charge in [-0.15, -0.1) is 0 Å². The van der Waals surface area contributed by atoms with Gasteiger partial charge in [0, 0.05) is 30.9 Å². The molecule has 0 aliphatic heterocycles. The van der Waals surface area contributed by atoms with Crippen molar-refractivity contribution in [2.75, 3.05) is 5.32 Å². The highest BCUT2D eigenvalue weighted by atomic mass is 16.1. The van der Waals surface area contributed by atoms with Crippen molar-refractivity contribution in [3.8, 4) is 11.3 Å². The molecule has 100 valence electrons. The number of aryl methyl sites for hydroxylation is 2. The van der Waals surface area contributed by atoms with E-state index in [-0.39, 0.29) is 11.8 Å². The number of rotatable bonds is 3. The van der Waals surface area contributed by atoms with E-state index in [1.165, 1.54) is 0 Å². The van der Waals surface area contributed by atoms with Gasteiger partial charge >= 0.3 is 0 Å². The predicted molar refractivity (Wildman–Crippen MR) is 72.4 cm³/mol. The van der Waals surface area contributed by atoms with Gasteiger partial charge in [0.2, 0.25) is 11.9 Å². The first kappa shape index (κ1) is 13.2. The summed E-state index contributed by atoms with van der Waals surface area (Å²) in [4.78, 5) is 20.0. The van der Waals surface area contributed by atoms with Gasteiger partial charge in [-0.2, -0.15) is 5.10 Å². The predicted octanol–water partition coefficient (Wildman–Crippen LogP) is 1.78. The Morgan fingerprint density at radius 3 is 2.74 bits per heavy atom. The molecule has 2 aromatic heterocycles. The van der Waals surface area contributed by atoms with Crippen LogP contribution in [0, 0.1) is 12.8 Å². The second kappa shape index (κ2) is 5.17. The summed E-state index contributed by atoms with van der Waals surface area (Å²) >= 11 is 0. The molecule has 1 amide bonds. The van der Waals surface area contributed by atoms with E-state index in [9.17, 15) is 4.79 Å². The third-order valence-electron chi connectivity index (χ3n) is 2.70. The van der Waals surface area contributed by atoms with E-state index in [0.29, 0.717) is 5.95 Å². The minimum Gasteiger partial charge on any atom is -0.294 e. The molecule has 2 rings (SSSR count).